The van der Waals surface area contributed by atoms with Gasteiger partial charge in [-0.1, -0.05) is 41.4 Å². The molecule has 0 unspecified atom stereocenters. The molecular weight excluding hydrogens is 645 g/mol. The van der Waals surface area contributed by atoms with Gasteiger partial charge in [-0.3, -0.25) is 14.9 Å². The van der Waals surface area contributed by atoms with E-state index >= 15 is 0 Å². The van der Waals surface area contributed by atoms with Crippen LogP contribution in [0, 0.1) is 10.1 Å². The molecule has 3 aromatic carbocycles. The standard InChI is InChI=1S/C30H27Cl2N5O7S/c1-3-42-29(39)26-17(2)34-30(45)35-27(26)22-6-4-5-7-24(22)43-16-25(38)36-33-14-19-12-20(31)13-23(32)28(19)44-15-18-8-10-21(11-9-18)37(40)41/h4-14,27H,3,15-16H2,1-2H3,(H,36,38)(H2,34,35,45)/t27-/m0/s1. The van der Waals surface area contributed by atoms with E-state index < -0.39 is 29.4 Å². The zero-order valence-corrected chi connectivity index (χ0v) is 26.3. The Morgan fingerprint density at radius 2 is 1.87 bits per heavy atom. The van der Waals surface area contributed by atoms with E-state index in [-0.39, 0.29) is 29.7 Å². The Balaban J connectivity index is 1.43. The van der Waals surface area contributed by atoms with Gasteiger partial charge in [0.2, 0.25) is 0 Å². The quantitative estimate of drug-likeness (QED) is 0.0753. The first-order valence-corrected chi connectivity index (χ1v) is 14.6. The number of esters is 1. The highest BCUT2D eigenvalue weighted by Gasteiger charge is 2.32. The van der Waals surface area contributed by atoms with Gasteiger partial charge in [0.15, 0.2) is 11.7 Å². The number of nitro groups is 1. The van der Waals surface area contributed by atoms with Crippen molar-refractivity contribution < 1.29 is 28.7 Å². The zero-order chi connectivity index (χ0) is 32.5. The molecule has 4 rings (SSSR count). The first-order chi connectivity index (χ1) is 21.6. The van der Waals surface area contributed by atoms with Gasteiger partial charge in [-0.2, -0.15) is 5.10 Å². The number of carbonyl (C=O) groups excluding carboxylic acids is 2. The Morgan fingerprint density at radius 3 is 2.58 bits per heavy atom. The molecule has 0 aliphatic carbocycles. The number of carbonyl (C=O) groups is 2. The van der Waals surface area contributed by atoms with E-state index in [4.69, 9.17) is 49.6 Å². The molecule has 1 heterocycles. The van der Waals surface area contributed by atoms with Crippen molar-refractivity contribution in [1.29, 1.82) is 0 Å². The second kappa shape index (κ2) is 15.3. The van der Waals surface area contributed by atoms with E-state index in [2.05, 4.69) is 21.2 Å². The van der Waals surface area contributed by atoms with Crippen LogP contribution in [0.4, 0.5) is 5.69 Å². The van der Waals surface area contributed by atoms with Gasteiger partial charge < -0.3 is 24.8 Å². The number of hydrogen-bond acceptors (Lipinski definition) is 9. The van der Waals surface area contributed by atoms with E-state index in [0.717, 1.165) is 0 Å². The normalized spacial score (nSPS) is 14.4. The lowest BCUT2D eigenvalue weighted by molar-refractivity contribution is -0.384. The number of hydrazone groups is 1. The van der Waals surface area contributed by atoms with Crippen molar-refractivity contribution in [2.45, 2.75) is 26.5 Å². The zero-order valence-electron chi connectivity index (χ0n) is 24.0. The molecule has 1 aliphatic heterocycles. The molecule has 12 nitrogen and oxygen atoms in total. The first-order valence-electron chi connectivity index (χ1n) is 13.4. The van der Waals surface area contributed by atoms with Gasteiger partial charge in [-0.15, -0.1) is 0 Å². The SMILES string of the molecule is CCOC(=O)C1=C(C)NC(=S)N[C@H]1c1ccccc1OCC(=O)NN=Cc1cc(Cl)cc(Cl)c1OCc1ccc([N+](=O)[O-])cc1. The van der Waals surface area contributed by atoms with Gasteiger partial charge in [0.1, 0.15) is 18.1 Å². The smallest absolute Gasteiger partial charge is 0.338 e. The van der Waals surface area contributed by atoms with Crippen LogP contribution in [0.15, 0.2) is 77.0 Å². The maximum absolute atomic E-state index is 12.8. The lowest BCUT2D eigenvalue weighted by Crippen LogP contribution is -2.45. The average molecular weight is 673 g/mol. The van der Waals surface area contributed by atoms with E-state index in [1.54, 1.807) is 56.3 Å². The molecule has 1 aliphatic rings. The summed E-state index contributed by atoms with van der Waals surface area (Å²) in [6, 6.07) is 15.2. The Kier molecular flexibility index (Phi) is 11.3. The van der Waals surface area contributed by atoms with Crippen LogP contribution in [0.3, 0.4) is 0 Å². The minimum absolute atomic E-state index is 0.0419. The number of hydrogen-bond donors (Lipinski definition) is 3. The number of para-hydroxylation sites is 1. The number of non-ortho nitro benzene ring substituents is 1. The number of nitrogens with zero attached hydrogens (tertiary/aromatic N) is 2. The van der Waals surface area contributed by atoms with Crippen molar-refractivity contribution in [3.63, 3.8) is 0 Å². The summed E-state index contributed by atoms with van der Waals surface area (Å²) < 4.78 is 16.9. The number of allylic oxidation sites excluding steroid dienone is 1. The van der Waals surface area contributed by atoms with Gasteiger partial charge in [-0.25, -0.2) is 10.2 Å². The predicted molar refractivity (Wildman–Crippen MR) is 173 cm³/mol. The number of rotatable bonds is 12. The molecule has 0 radical (unpaired) electrons. The molecule has 234 valence electrons. The maximum atomic E-state index is 12.8. The third-order valence-electron chi connectivity index (χ3n) is 6.31. The summed E-state index contributed by atoms with van der Waals surface area (Å²) in [6.07, 6.45) is 1.31. The van der Waals surface area contributed by atoms with Crippen LogP contribution in [0.2, 0.25) is 10.0 Å². The van der Waals surface area contributed by atoms with Gasteiger partial charge >= 0.3 is 5.97 Å². The van der Waals surface area contributed by atoms with Crippen molar-refractivity contribution >= 4 is 64.3 Å². The number of nitro benzene ring substituents is 1. The highest BCUT2D eigenvalue weighted by Crippen LogP contribution is 2.34. The molecule has 0 fully saturated rings. The summed E-state index contributed by atoms with van der Waals surface area (Å²) >= 11 is 17.8. The van der Waals surface area contributed by atoms with Gasteiger partial charge in [-0.05, 0) is 62.0 Å². The van der Waals surface area contributed by atoms with Crippen LogP contribution < -0.4 is 25.5 Å². The maximum Gasteiger partial charge on any atom is 0.338 e. The van der Waals surface area contributed by atoms with Crippen molar-refractivity contribution in [3.05, 3.63) is 109 Å². The minimum Gasteiger partial charge on any atom is -0.487 e. The molecule has 0 aromatic heterocycles. The number of amides is 1. The molecule has 3 N–H and O–H groups in total. The number of thiocarbonyl (C=S) groups is 1. The summed E-state index contributed by atoms with van der Waals surface area (Å²) in [4.78, 5) is 35.8. The Morgan fingerprint density at radius 1 is 1.13 bits per heavy atom. The lowest BCUT2D eigenvalue weighted by Gasteiger charge is -2.30. The molecule has 0 saturated heterocycles. The highest BCUT2D eigenvalue weighted by atomic mass is 35.5. The summed E-state index contributed by atoms with van der Waals surface area (Å²) in [5.41, 5.74) is 4.84. The fraction of sp³-hybridized carbons (Fsp3) is 0.200. The monoisotopic (exact) mass is 671 g/mol. The van der Waals surface area contributed by atoms with Gasteiger partial charge in [0.25, 0.3) is 11.6 Å². The molecule has 0 saturated carbocycles. The number of nitrogens with one attached hydrogen (secondary N) is 3. The van der Waals surface area contributed by atoms with Crippen LogP contribution in [-0.4, -0.2) is 41.3 Å². The van der Waals surface area contributed by atoms with Crippen molar-refractivity contribution in [1.82, 2.24) is 16.1 Å². The van der Waals surface area contributed by atoms with E-state index in [0.29, 0.717) is 43.8 Å². The van der Waals surface area contributed by atoms with Crippen LogP contribution in [0.25, 0.3) is 0 Å². The second-order valence-electron chi connectivity index (χ2n) is 9.43. The van der Waals surface area contributed by atoms with Crippen LogP contribution in [0.5, 0.6) is 11.5 Å². The van der Waals surface area contributed by atoms with Crippen molar-refractivity contribution in [2.75, 3.05) is 13.2 Å². The summed E-state index contributed by atoms with van der Waals surface area (Å²) in [7, 11) is 0. The van der Waals surface area contributed by atoms with Gasteiger partial charge in [0, 0.05) is 34.0 Å². The first kappa shape index (κ1) is 33.2. The average Bonchev–Trinajstić information content (AvgIpc) is 2.99. The minimum atomic E-state index is -0.674. The Labute approximate surface area is 273 Å². The number of halogens is 2. The lowest BCUT2D eigenvalue weighted by atomic mass is 9.95. The fourth-order valence-corrected chi connectivity index (χ4v) is 5.14. The summed E-state index contributed by atoms with van der Waals surface area (Å²) in [6.45, 7) is 3.29. The highest BCUT2D eigenvalue weighted by molar-refractivity contribution is 7.80. The topological polar surface area (TPSA) is 153 Å². The Hall–Kier alpha value is -4.72. The van der Waals surface area contributed by atoms with Crippen molar-refractivity contribution in [2.24, 2.45) is 5.10 Å². The second-order valence-corrected chi connectivity index (χ2v) is 10.7. The van der Waals surface area contributed by atoms with E-state index in [1.807, 2.05) is 0 Å². The number of ether oxygens (including phenoxy) is 3. The number of benzene rings is 3. The van der Waals surface area contributed by atoms with Crippen molar-refractivity contribution in [3.8, 4) is 11.5 Å². The molecule has 0 spiro atoms. The molecular formula is C30H27Cl2N5O7S. The molecule has 1 atom stereocenters. The molecule has 45 heavy (non-hydrogen) atoms. The summed E-state index contributed by atoms with van der Waals surface area (Å²) in [5.74, 6) is -0.497. The molecule has 15 heteroatoms. The molecule has 0 bridgehead atoms. The van der Waals surface area contributed by atoms with Gasteiger partial charge in [0.05, 0.1) is 34.4 Å². The Bertz CT molecular complexity index is 1680. The summed E-state index contributed by atoms with van der Waals surface area (Å²) in [5, 5.41) is 21.7. The third-order valence-corrected chi connectivity index (χ3v) is 7.03. The fourth-order valence-electron chi connectivity index (χ4n) is 4.30. The van der Waals surface area contributed by atoms with Crippen LogP contribution >= 0.6 is 35.4 Å². The third kappa shape index (κ3) is 8.69. The largest absolute Gasteiger partial charge is 0.487 e. The van der Waals surface area contributed by atoms with E-state index in [1.165, 1.54) is 24.4 Å². The molecule has 3 aromatic rings. The van der Waals surface area contributed by atoms with Crippen LogP contribution in [-0.2, 0) is 20.9 Å². The van der Waals surface area contributed by atoms with Crippen LogP contribution in [0.1, 0.15) is 36.6 Å². The molecule has 1 amide bonds. The predicted octanol–water partition coefficient (Wildman–Crippen LogP) is 5.37. The van der Waals surface area contributed by atoms with E-state index in [9.17, 15) is 19.7 Å².